The summed E-state index contributed by atoms with van der Waals surface area (Å²) in [5, 5.41) is 37.2. The van der Waals surface area contributed by atoms with Gasteiger partial charge in [0.1, 0.15) is 23.0 Å². The van der Waals surface area contributed by atoms with Crippen LogP contribution in [0, 0.1) is 0 Å². The van der Waals surface area contributed by atoms with Gasteiger partial charge in [-0.3, -0.25) is 0 Å². The van der Waals surface area contributed by atoms with Crippen molar-refractivity contribution >= 4 is 0 Å². The molecule has 0 amide bonds. The SMILES string of the molecule is C=CCc1cc(C(C)(C)c2ccc(O)c(CC=C)c2)ccc1O.Oc1ccccc1.Oc1ccccc1. The van der Waals surface area contributed by atoms with Crippen molar-refractivity contribution in [1.29, 1.82) is 0 Å². The van der Waals surface area contributed by atoms with Gasteiger partial charge in [-0.05, 0) is 71.5 Å². The summed E-state index contributed by atoms with van der Waals surface area (Å²) in [4.78, 5) is 0. The standard InChI is InChI=1S/C21H24O2.2C6H6O/c1-5-7-15-13-17(9-11-19(15)22)21(3,4)18-10-12-20(23)16(14-18)8-6-2;2*7-6-4-2-1-3-5-6/h5-6,9-14,22-23H,1-2,7-8H2,3-4H3;2*1-5,7H. The second-order valence-electron chi connectivity index (χ2n) is 8.97. The third kappa shape index (κ3) is 8.93. The van der Waals surface area contributed by atoms with Gasteiger partial charge in [0.15, 0.2) is 0 Å². The molecule has 4 N–H and O–H groups in total. The average Bonchev–Trinajstić information content (AvgIpc) is 2.88. The fourth-order valence-electron chi connectivity index (χ4n) is 3.61. The first-order chi connectivity index (χ1) is 17.7. The summed E-state index contributed by atoms with van der Waals surface area (Å²) >= 11 is 0. The van der Waals surface area contributed by atoms with Crippen molar-refractivity contribution in [2.45, 2.75) is 32.1 Å². The van der Waals surface area contributed by atoms with Gasteiger partial charge in [-0.15, -0.1) is 13.2 Å². The largest absolute Gasteiger partial charge is 0.508 e. The lowest BCUT2D eigenvalue weighted by molar-refractivity contribution is 0.468. The molecule has 0 bridgehead atoms. The molecule has 4 rings (SSSR count). The summed E-state index contributed by atoms with van der Waals surface area (Å²) in [5.74, 6) is 1.23. The summed E-state index contributed by atoms with van der Waals surface area (Å²) in [6.45, 7) is 11.8. The van der Waals surface area contributed by atoms with Crippen LogP contribution in [0.15, 0.2) is 122 Å². The van der Waals surface area contributed by atoms with Crippen molar-refractivity contribution in [3.63, 3.8) is 0 Å². The smallest absolute Gasteiger partial charge is 0.119 e. The highest BCUT2D eigenvalue weighted by Gasteiger charge is 2.24. The predicted molar refractivity (Wildman–Crippen MR) is 152 cm³/mol. The van der Waals surface area contributed by atoms with Crippen LogP contribution < -0.4 is 0 Å². The zero-order valence-corrected chi connectivity index (χ0v) is 21.5. The zero-order valence-electron chi connectivity index (χ0n) is 21.5. The number of aromatic hydroxyl groups is 4. The number of phenolic OH excluding ortho intramolecular Hbond substituents is 4. The van der Waals surface area contributed by atoms with Crippen molar-refractivity contribution in [3.8, 4) is 23.0 Å². The molecule has 0 aromatic heterocycles. The van der Waals surface area contributed by atoms with Crippen LogP contribution in [0.1, 0.15) is 36.1 Å². The Labute approximate surface area is 220 Å². The number of hydrogen-bond acceptors (Lipinski definition) is 4. The van der Waals surface area contributed by atoms with Crippen LogP contribution in [0.3, 0.4) is 0 Å². The maximum atomic E-state index is 9.96. The van der Waals surface area contributed by atoms with Gasteiger partial charge in [0.2, 0.25) is 0 Å². The topological polar surface area (TPSA) is 80.9 Å². The summed E-state index contributed by atoms with van der Waals surface area (Å²) in [7, 11) is 0. The minimum atomic E-state index is -0.243. The van der Waals surface area contributed by atoms with Gasteiger partial charge >= 0.3 is 0 Å². The molecule has 37 heavy (non-hydrogen) atoms. The van der Waals surface area contributed by atoms with Crippen LogP contribution in [0.4, 0.5) is 0 Å². The van der Waals surface area contributed by atoms with Gasteiger partial charge in [0, 0.05) is 5.41 Å². The van der Waals surface area contributed by atoms with Crippen molar-refractivity contribution in [2.75, 3.05) is 0 Å². The molecule has 0 saturated heterocycles. The molecule has 0 aliphatic heterocycles. The quantitative estimate of drug-likeness (QED) is 0.207. The highest BCUT2D eigenvalue weighted by molar-refractivity contribution is 5.47. The Bertz CT molecular complexity index is 1160. The van der Waals surface area contributed by atoms with Crippen molar-refractivity contribution in [3.05, 3.63) is 145 Å². The predicted octanol–water partition coefficient (Wildman–Crippen LogP) is 7.67. The van der Waals surface area contributed by atoms with Crippen LogP contribution in [0.5, 0.6) is 23.0 Å². The third-order valence-corrected chi connectivity index (χ3v) is 5.84. The van der Waals surface area contributed by atoms with E-state index < -0.39 is 0 Å². The van der Waals surface area contributed by atoms with E-state index in [2.05, 4.69) is 27.0 Å². The Morgan fingerprint density at radius 3 is 1.19 bits per heavy atom. The molecule has 4 nitrogen and oxygen atoms in total. The zero-order chi connectivity index (χ0) is 27.3. The molecule has 4 aromatic rings. The van der Waals surface area contributed by atoms with E-state index in [4.69, 9.17) is 10.2 Å². The molecule has 0 fully saturated rings. The Morgan fingerprint density at radius 1 is 0.568 bits per heavy atom. The first-order valence-electron chi connectivity index (χ1n) is 12.0. The van der Waals surface area contributed by atoms with E-state index in [9.17, 15) is 10.2 Å². The molecule has 0 heterocycles. The van der Waals surface area contributed by atoms with E-state index in [1.807, 2.05) is 36.4 Å². The second-order valence-corrected chi connectivity index (χ2v) is 8.97. The molecule has 0 saturated carbocycles. The van der Waals surface area contributed by atoms with Crippen LogP contribution in [0.2, 0.25) is 0 Å². The van der Waals surface area contributed by atoms with Crippen molar-refractivity contribution in [1.82, 2.24) is 0 Å². The lowest BCUT2D eigenvalue weighted by atomic mass is 9.77. The van der Waals surface area contributed by atoms with Crippen LogP contribution in [-0.2, 0) is 18.3 Å². The first kappa shape index (κ1) is 28.8. The van der Waals surface area contributed by atoms with Gasteiger partial charge in [0.05, 0.1) is 0 Å². The van der Waals surface area contributed by atoms with Gasteiger partial charge in [-0.25, -0.2) is 0 Å². The first-order valence-corrected chi connectivity index (χ1v) is 12.0. The molecule has 0 aliphatic carbocycles. The number of phenols is 4. The molecular weight excluding hydrogens is 460 g/mol. The highest BCUT2D eigenvalue weighted by atomic mass is 16.3. The maximum Gasteiger partial charge on any atom is 0.119 e. The summed E-state index contributed by atoms with van der Waals surface area (Å²) in [6, 6.07) is 28.8. The van der Waals surface area contributed by atoms with E-state index in [1.165, 1.54) is 0 Å². The van der Waals surface area contributed by atoms with Gasteiger partial charge < -0.3 is 20.4 Å². The highest BCUT2D eigenvalue weighted by Crippen LogP contribution is 2.36. The molecule has 4 aromatic carbocycles. The normalized spacial score (nSPS) is 10.2. The van der Waals surface area contributed by atoms with Crippen LogP contribution >= 0.6 is 0 Å². The second kappa shape index (κ2) is 14.2. The summed E-state index contributed by atoms with van der Waals surface area (Å²) < 4.78 is 0. The Morgan fingerprint density at radius 2 is 0.919 bits per heavy atom. The van der Waals surface area contributed by atoms with Gasteiger partial charge in [-0.2, -0.15) is 0 Å². The molecule has 4 heteroatoms. The lowest BCUT2D eigenvalue weighted by Crippen LogP contribution is -2.19. The van der Waals surface area contributed by atoms with E-state index in [0.29, 0.717) is 35.8 Å². The lowest BCUT2D eigenvalue weighted by Gasteiger charge is -2.27. The van der Waals surface area contributed by atoms with Crippen molar-refractivity contribution in [2.24, 2.45) is 0 Å². The fourth-order valence-corrected chi connectivity index (χ4v) is 3.61. The van der Waals surface area contributed by atoms with Crippen LogP contribution in [0.25, 0.3) is 0 Å². The molecule has 0 spiro atoms. The summed E-state index contributed by atoms with van der Waals surface area (Å²) in [5.41, 5.74) is 3.73. The molecule has 192 valence electrons. The number of benzene rings is 4. The number of allylic oxidation sites excluding steroid dienone is 2. The van der Waals surface area contributed by atoms with E-state index in [1.54, 1.807) is 72.8 Å². The maximum absolute atomic E-state index is 9.96. The Hall–Kier alpha value is -4.44. The van der Waals surface area contributed by atoms with E-state index >= 15 is 0 Å². The minimum Gasteiger partial charge on any atom is -0.508 e. The number of hydrogen-bond donors (Lipinski definition) is 4. The van der Waals surface area contributed by atoms with E-state index in [0.717, 1.165) is 22.3 Å². The monoisotopic (exact) mass is 496 g/mol. The third-order valence-electron chi connectivity index (χ3n) is 5.84. The van der Waals surface area contributed by atoms with E-state index in [-0.39, 0.29) is 5.41 Å². The van der Waals surface area contributed by atoms with Crippen LogP contribution in [-0.4, -0.2) is 20.4 Å². The molecule has 0 atom stereocenters. The minimum absolute atomic E-state index is 0.243. The molecule has 0 aliphatic rings. The number of rotatable bonds is 6. The van der Waals surface area contributed by atoms with Crippen molar-refractivity contribution < 1.29 is 20.4 Å². The van der Waals surface area contributed by atoms with Gasteiger partial charge in [0.25, 0.3) is 0 Å². The Balaban J connectivity index is 0.000000276. The summed E-state index contributed by atoms with van der Waals surface area (Å²) in [6.07, 6.45) is 4.84. The molecule has 0 radical (unpaired) electrons. The fraction of sp³-hybridized carbons (Fsp3) is 0.152. The average molecular weight is 497 g/mol. The molecule has 0 unspecified atom stereocenters. The van der Waals surface area contributed by atoms with Gasteiger partial charge in [-0.1, -0.05) is 86.7 Å². The molecular formula is C33H36O4. The Kier molecular flexibility index (Phi) is 11.1. The number of para-hydroxylation sites is 2.